The lowest BCUT2D eigenvalue weighted by molar-refractivity contribution is 0.624. The van der Waals surface area contributed by atoms with Crippen LogP contribution in [0.2, 0.25) is 0 Å². The number of rotatable bonds is 1. The van der Waals surface area contributed by atoms with E-state index in [1.165, 1.54) is 6.07 Å². The average molecular weight is 316 g/mol. The lowest BCUT2D eigenvalue weighted by Gasteiger charge is -2.19. The van der Waals surface area contributed by atoms with E-state index in [1.54, 1.807) is 18.5 Å². The van der Waals surface area contributed by atoms with E-state index in [9.17, 15) is 4.39 Å². The summed E-state index contributed by atoms with van der Waals surface area (Å²) in [6.45, 7) is 0. The Bertz CT molecular complexity index is 1070. The van der Waals surface area contributed by atoms with E-state index in [-0.39, 0.29) is 11.9 Å². The van der Waals surface area contributed by atoms with Crippen LogP contribution in [-0.4, -0.2) is 15.0 Å². The number of nitrogens with zero attached hydrogens (tertiary/aromatic N) is 2. The van der Waals surface area contributed by atoms with Crippen molar-refractivity contribution < 1.29 is 4.39 Å². The van der Waals surface area contributed by atoms with E-state index >= 15 is 0 Å². The van der Waals surface area contributed by atoms with Crippen LogP contribution in [0, 0.1) is 5.82 Å². The molecule has 0 bridgehead atoms. The molecule has 5 heteroatoms. The van der Waals surface area contributed by atoms with Crippen molar-refractivity contribution in [3.05, 3.63) is 78.0 Å². The highest BCUT2D eigenvalue weighted by atomic mass is 19.1. The maximum Gasteiger partial charge on any atom is 0.141 e. The van der Waals surface area contributed by atoms with Crippen LogP contribution >= 0.6 is 0 Å². The Morgan fingerprint density at radius 1 is 1.00 bits per heavy atom. The molecule has 0 radical (unpaired) electrons. The van der Waals surface area contributed by atoms with Crippen LogP contribution in [0.5, 0.6) is 0 Å². The van der Waals surface area contributed by atoms with Gasteiger partial charge in [-0.25, -0.2) is 14.4 Å². The lowest BCUT2D eigenvalue weighted by atomic mass is 9.98. The first kappa shape index (κ1) is 13.2. The maximum absolute atomic E-state index is 13.8. The van der Waals surface area contributed by atoms with Crippen molar-refractivity contribution in [3.63, 3.8) is 0 Å². The monoisotopic (exact) mass is 316 g/mol. The summed E-state index contributed by atoms with van der Waals surface area (Å²) in [6, 6.07) is 14.5. The normalized spacial score (nSPS) is 15.6. The fraction of sp³-hybridized carbons (Fsp3) is 0.0526. The van der Waals surface area contributed by atoms with Gasteiger partial charge in [-0.2, -0.15) is 0 Å². The third-order valence-corrected chi connectivity index (χ3v) is 4.48. The molecule has 0 fully saturated rings. The second-order valence-corrected chi connectivity index (χ2v) is 5.87. The molecule has 0 amide bonds. The highest BCUT2D eigenvalue weighted by molar-refractivity contribution is 5.99. The molecule has 1 atom stereocenters. The van der Waals surface area contributed by atoms with Crippen molar-refractivity contribution in [2.45, 2.75) is 6.04 Å². The first-order chi connectivity index (χ1) is 11.8. The number of aromatic nitrogens is 3. The Labute approximate surface area is 137 Å². The average Bonchev–Trinajstić information content (AvgIpc) is 2.97. The fourth-order valence-corrected chi connectivity index (χ4v) is 3.42. The molecule has 0 spiro atoms. The molecule has 3 heterocycles. The number of hydrogen-bond acceptors (Lipinski definition) is 3. The smallest absolute Gasteiger partial charge is 0.141 e. The molecule has 1 aliphatic rings. The highest BCUT2D eigenvalue weighted by Crippen LogP contribution is 2.42. The van der Waals surface area contributed by atoms with Gasteiger partial charge in [0.15, 0.2) is 0 Å². The molecule has 2 aromatic heterocycles. The summed E-state index contributed by atoms with van der Waals surface area (Å²) in [7, 11) is 0. The number of para-hydroxylation sites is 1. The minimum Gasteiger partial charge on any atom is -0.374 e. The van der Waals surface area contributed by atoms with Gasteiger partial charge < -0.3 is 10.3 Å². The van der Waals surface area contributed by atoms with Crippen LogP contribution in [0.15, 0.2) is 61.1 Å². The van der Waals surface area contributed by atoms with Crippen molar-refractivity contribution in [3.8, 4) is 11.3 Å². The van der Waals surface area contributed by atoms with E-state index in [2.05, 4.69) is 20.3 Å². The minimum atomic E-state index is -0.247. The van der Waals surface area contributed by atoms with Crippen molar-refractivity contribution in [2.75, 3.05) is 5.32 Å². The summed E-state index contributed by atoms with van der Waals surface area (Å²) in [4.78, 5) is 12.1. The Kier molecular flexibility index (Phi) is 2.70. The van der Waals surface area contributed by atoms with Crippen molar-refractivity contribution in [1.82, 2.24) is 15.0 Å². The lowest BCUT2D eigenvalue weighted by Crippen LogP contribution is -2.11. The first-order valence-corrected chi connectivity index (χ1v) is 7.74. The molecular formula is C19H13FN4. The van der Waals surface area contributed by atoms with Gasteiger partial charge in [0.1, 0.15) is 17.8 Å². The van der Waals surface area contributed by atoms with Crippen molar-refractivity contribution in [1.29, 1.82) is 0 Å². The van der Waals surface area contributed by atoms with E-state index in [0.717, 1.165) is 39.1 Å². The van der Waals surface area contributed by atoms with Gasteiger partial charge in [0.2, 0.25) is 0 Å². The summed E-state index contributed by atoms with van der Waals surface area (Å²) in [5, 5.41) is 4.52. The predicted molar refractivity (Wildman–Crippen MR) is 91.2 cm³/mol. The zero-order chi connectivity index (χ0) is 16.1. The number of halogens is 1. The second-order valence-electron chi connectivity index (χ2n) is 5.87. The molecule has 116 valence electrons. The summed E-state index contributed by atoms with van der Waals surface area (Å²) in [5.41, 5.74) is 5.55. The Balaban J connectivity index is 1.85. The molecule has 4 aromatic rings. The quantitative estimate of drug-likeness (QED) is 0.551. The van der Waals surface area contributed by atoms with Gasteiger partial charge in [-0.3, -0.25) is 0 Å². The Morgan fingerprint density at radius 2 is 1.92 bits per heavy atom. The van der Waals surface area contributed by atoms with Crippen LogP contribution in [0.3, 0.4) is 0 Å². The Morgan fingerprint density at radius 3 is 2.83 bits per heavy atom. The number of hydrogen-bond donors (Lipinski definition) is 2. The van der Waals surface area contributed by atoms with Crippen molar-refractivity contribution in [2.24, 2.45) is 0 Å². The standard InChI is InChI=1S/C19H13FN4/c20-12-5-3-4-11(8-12)17-14-9-21-19-16(14)18(22-10-23-19)13-6-1-2-7-15(13)24-17/h1-10,17,24H,(H,21,22,23). The van der Waals surface area contributed by atoms with Gasteiger partial charge in [-0.05, 0) is 23.8 Å². The maximum atomic E-state index is 13.8. The number of nitrogens with one attached hydrogen (secondary N) is 2. The summed E-state index contributed by atoms with van der Waals surface area (Å²) < 4.78 is 13.8. The number of benzene rings is 2. The molecule has 5 rings (SSSR count). The zero-order valence-corrected chi connectivity index (χ0v) is 12.6. The summed E-state index contributed by atoms with van der Waals surface area (Å²) in [6.07, 6.45) is 3.49. The third kappa shape index (κ3) is 1.84. The molecule has 1 unspecified atom stereocenters. The second kappa shape index (κ2) is 4.89. The molecule has 0 aliphatic carbocycles. The first-order valence-electron chi connectivity index (χ1n) is 7.74. The van der Waals surface area contributed by atoms with E-state index in [1.807, 2.05) is 36.5 Å². The summed E-state index contributed by atoms with van der Waals surface area (Å²) in [5.74, 6) is -0.247. The van der Waals surface area contributed by atoms with Crippen LogP contribution in [0.4, 0.5) is 10.1 Å². The number of H-pyrrole nitrogens is 1. The van der Waals surface area contributed by atoms with E-state index in [4.69, 9.17) is 0 Å². The molecular weight excluding hydrogens is 303 g/mol. The Hall–Kier alpha value is -3.21. The van der Waals surface area contributed by atoms with Crippen LogP contribution in [0.25, 0.3) is 22.3 Å². The molecule has 2 aromatic carbocycles. The predicted octanol–water partition coefficient (Wildman–Crippen LogP) is 4.28. The summed E-state index contributed by atoms with van der Waals surface area (Å²) >= 11 is 0. The molecule has 1 aliphatic heterocycles. The topological polar surface area (TPSA) is 53.6 Å². The number of anilines is 1. The van der Waals surface area contributed by atoms with Gasteiger partial charge in [0.25, 0.3) is 0 Å². The largest absolute Gasteiger partial charge is 0.374 e. The van der Waals surface area contributed by atoms with E-state index < -0.39 is 0 Å². The van der Waals surface area contributed by atoms with Gasteiger partial charge in [-0.15, -0.1) is 0 Å². The van der Waals surface area contributed by atoms with Crippen LogP contribution in [0.1, 0.15) is 17.2 Å². The number of fused-ring (bicyclic) bond motifs is 2. The van der Waals surface area contributed by atoms with Gasteiger partial charge >= 0.3 is 0 Å². The van der Waals surface area contributed by atoms with Crippen LogP contribution in [-0.2, 0) is 0 Å². The molecule has 0 saturated heterocycles. The molecule has 4 nitrogen and oxygen atoms in total. The van der Waals surface area contributed by atoms with Gasteiger partial charge in [0, 0.05) is 23.0 Å². The highest BCUT2D eigenvalue weighted by Gasteiger charge is 2.26. The third-order valence-electron chi connectivity index (χ3n) is 4.48. The van der Waals surface area contributed by atoms with Gasteiger partial charge in [-0.1, -0.05) is 30.3 Å². The van der Waals surface area contributed by atoms with E-state index in [0.29, 0.717) is 0 Å². The minimum absolute atomic E-state index is 0.178. The van der Waals surface area contributed by atoms with Gasteiger partial charge in [0.05, 0.1) is 17.1 Å². The van der Waals surface area contributed by atoms with Crippen LogP contribution < -0.4 is 5.32 Å². The molecule has 2 N–H and O–H groups in total. The SMILES string of the molecule is Fc1cccc(C2Nc3ccccc3-c3ncnc4[nH]cc2c34)c1. The molecule has 24 heavy (non-hydrogen) atoms. The zero-order valence-electron chi connectivity index (χ0n) is 12.6. The molecule has 0 saturated carbocycles. The van der Waals surface area contributed by atoms with Crippen molar-refractivity contribution >= 4 is 16.7 Å². The number of aromatic amines is 1. The fourth-order valence-electron chi connectivity index (χ4n) is 3.42.